The number of halogens is 1. The molecular formula is C7H9ClN2OS. The Morgan fingerprint density at radius 1 is 1.75 bits per heavy atom. The summed E-state index contributed by atoms with van der Waals surface area (Å²) in [5.74, 6) is 0. The highest BCUT2D eigenvalue weighted by Gasteiger charge is 2.07. The molecule has 0 saturated carbocycles. The summed E-state index contributed by atoms with van der Waals surface area (Å²) in [6, 6.07) is 0.314. The Morgan fingerprint density at radius 2 is 2.42 bits per heavy atom. The Labute approximate surface area is 79.8 Å². The Balaban J connectivity index is 2.71. The average Bonchev–Trinajstić information content (AvgIpc) is 2.34. The molecule has 0 aliphatic carbocycles. The summed E-state index contributed by atoms with van der Waals surface area (Å²) in [7, 11) is 0. The lowest BCUT2D eigenvalue weighted by atomic mass is 10.4. The van der Waals surface area contributed by atoms with Crippen LogP contribution >= 0.6 is 22.9 Å². The highest BCUT2D eigenvalue weighted by atomic mass is 35.5. The number of aromatic nitrogens is 1. The molecule has 3 nitrogen and oxygen atoms in total. The number of hydrogen-bond acceptors (Lipinski definition) is 4. The minimum absolute atomic E-state index is 0.310. The van der Waals surface area contributed by atoms with Gasteiger partial charge < -0.3 is 5.32 Å². The van der Waals surface area contributed by atoms with Crippen LogP contribution in [-0.4, -0.2) is 16.3 Å². The van der Waals surface area contributed by atoms with Crippen LogP contribution in [0.15, 0.2) is 5.38 Å². The predicted molar refractivity (Wildman–Crippen MR) is 51.1 cm³/mol. The number of thiazole rings is 1. The molecule has 1 N–H and O–H groups in total. The van der Waals surface area contributed by atoms with E-state index in [0.29, 0.717) is 11.7 Å². The summed E-state index contributed by atoms with van der Waals surface area (Å²) in [5, 5.41) is 4.93. The van der Waals surface area contributed by atoms with E-state index >= 15 is 0 Å². The molecule has 0 aliphatic rings. The normalized spacial score (nSPS) is 10.3. The summed E-state index contributed by atoms with van der Waals surface area (Å²) < 4.78 is 0. The number of carbonyl (C=O) groups is 1. The maximum Gasteiger partial charge on any atom is 0.271 e. The Morgan fingerprint density at radius 3 is 2.83 bits per heavy atom. The van der Waals surface area contributed by atoms with Crippen molar-refractivity contribution >= 4 is 33.3 Å². The van der Waals surface area contributed by atoms with Gasteiger partial charge in [-0.2, -0.15) is 0 Å². The van der Waals surface area contributed by atoms with Crippen LogP contribution in [0.5, 0.6) is 0 Å². The fraction of sp³-hybridized carbons (Fsp3) is 0.429. The van der Waals surface area contributed by atoms with Crippen molar-refractivity contribution in [2.24, 2.45) is 0 Å². The third-order valence-electron chi connectivity index (χ3n) is 1.12. The van der Waals surface area contributed by atoms with Gasteiger partial charge in [0.25, 0.3) is 5.24 Å². The third kappa shape index (κ3) is 2.46. The monoisotopic (exact) mass is 204 g/mol. The molecule has 0 saturated heterocycles. The predicted octanol–water partition coefficient (Wildman–Crippen LogP) is 2.34. The fourth-order valence-electron chi connectivity index (χ4n) is 0.677. The Bertz CT molecular complexity index is 285. The molecular weight excluding hydrogens is 196 g/mol. The van der Waals surface area contributed by atoms with Gasteiger partial charge in [-0.3, -0.25) is 4.79 Å². The molecule has 0 radical (unpaired) electrons. The molecule has 1 rings (SSSR count). The van der Waals surface area contributed by atoms with E-state index < -0.39 is 5.24 Å². The van der Waals surface area contributed by atoms with Crippen LogP contribution in [-0.2, 0) is 0 Å². The summed E-state index contributed by atoms with van der Waals surface area (Å²) in [6.45, 7) is 4.01. The van der Waals surface area contributed by atoms with E-state index in [1.165, 1.54) is 11.3 Å². The lowest BCUT2D eigenvalue weighted by Gasteiger charge is -2.03. The second kappa shape index (κ2) is 3.87. The molecule has 0 spiro atoms. The molecule has 0 aliphatic heterocycles. The number of rotatable bonds is 3. The quantitative estimate of drug-likeness (QED) is 0.769. The topological polar surface area (TPSA) is 42.0 Å². The van der Waals surface area contributed by atoms with Crippen LogP contribution in [0.25, 0.3) is 0 Å². The van der Waals surface area contributed by atoms with Crippen LogP contribution in [0.2, 0.25) is 0 Å². The van der Waals surface area contributed by atoms with E-state index in [4.69, 9.17) is 11.6 Å². The highest BCUT2D eigenvalue weighted by molar-refractivity contribution is 7.14. The van der Waals surface area contributed by atoms with Crippen molar-refractivity contribution < 1.29 is 4.79 Å². The summed E-state index contributed by atoms with van der Waals surface area (Å²) in [5.41, 5.74) is 0.310. The number of carbonyl (C=O) groups excluding carboxylic acids is 1. The zero-order chi connectivity index (χ0) is 9.14. The van der Waals surface area contributed by atoms with E-state index in [-0.39, 0.29) is 0 Å². The zero-order valence-corrected chi connectivity index (χ0v) is 8.37. The largest absolute Gasteiger partial charge is 0.359 e. The molecule has 1 heterocycles. The molecule has 1 aromatic rings. The minimum atomic E-state index is -0.511. The van der Waals surface area contributed by atoms with Crippen LogP contribution in [0, 0.1) is 0 Å². The second-order valence-electron chi connectivity index (χ2n) is 2.61. The first kappa shape index (κ1) is 9.48. The molecule has 0 unspecified atom stereocenters. The van der Waals surface area contributed by atoms with Gasteiger partial charge in [0.2, 0.25) is 0 Å². The van der Waals surface area contributed by atoms with Crippen molar-refractivity contribution in [1.29, 1.82) is 0 Å². The van der Waals surface area contributed by atoms with Gasteiger partial charge in [0, 0.05) is 11.4 Å². The zero-order valence-electron chi connectivity index (χ0n) is 6.80. The standard InChI is InChI=1S/C7H9ClN2OS/c1-4(2)9-7-10-5(3-12-7)6(8)11/h3-4H,1-2H3,(H,9,10). The Kier molecular flexibility index (Phi) is 3.05. The van der Waals surface area contributed by atoms with E-state index in [1.54, 1.807) is 5.38 Å². The third-order valence-corrected chi connectivity index (χ3v) is 2.08. The van der Waals surface area contributed by atoms with E-state index in [9.17, 15) is 4.79 Å². The van der Waals surface area contributed by atoms with Gasteiger partial charge in [0.15, 0.2) is 5.13 Å². The van der Waals surface area contributed by atoms with Gasteiger partial charge in [-0.25, -0.2) is 4.98 Å². The van der Waals surface area contributed by atoms with Gasteiger partial charge >= 0.3 is 0 Å². The van der Waals surface area contributed by atoms with Gasteiger partial charge in [-0.1, -0.05) is 0 Å². The number of nitrogens with zero attached hydrogens (tertiary/aromatic N) is 1. The maximum absolute atomic E-state index is 10.6. The lowest BCUT2D eigenvalue weighted by Crippen LogP contribution is -2.09. The molecule has 0 aromatic carbocycles. The smallest absolute Gasteiger partial charge is 0.271 e. The first-order valence-corrected chi connectivity index (χ1v) is 4.77. The van der Waals surface area contributed by atoms with Crippen molar-refractivity contribution in [3.8, 4) is 0 Å². The molecule has 0 fully saturated rings. The molecule has 0 bridgehead atoms. The van der Waals surface area contributed by atoms with Gasteiger partial charge in [-0.15, -0.1) is 11.3 Å². The summed E-state index contributed by atoms with van der Waals surface area (Å²) in [6.07, 6.45) is 0. The van der Waals surface area contributed by atoms with Crippen molar-refractivity contribution in [3.63, 3.8) is 0 Å². The minimum Gasteiger partial charge on any atom is -0.359 e. The van der Waals surface area contributed by atoms with Crippen LogP contribution in [0.1, 0.15) is 24.3 Å². The maximum atomic E-state index is 10.6. The van der Waals surface area contributed by atoms with Crippen molar-refractivity contribution in [3.05, 3.63) is 11.1 Å². The molecule has 0 amide bonds. The van der Waals surface area contributed by atoms with Crippen molar-refractivity contribution in [2.45, 2.75) is 19.9 Å². The number of anilines is 1. The molecule has 0 atom stereocenters. The number of hydrogen-bond donors (Lipinski definition) is 1. The molecule has 1 aromatic heterocycles. The Hall–Kier alpha value is -0.610. The second-order valence-corrected chi connectivity index (χ2v) is 3.81. The van der Waals surface area contributed by atoms with Gasteiger partial charge in [0.1, 0.15) is 5.69 Å². The average molecular weight is 205 g/mol. The van der Waals surface area contributed by atoms with E-state index in [0.717, 1.165) is 5.13 Å². The van der Waals surface area contributed by atoms with Crippen LogP contribution in [0.4, 0.5) is 5.13 Å². The first-order chi connectivity index (χ1) is 5.59. The first-order valence-electron chi connectivity index (χ1n) is 3.51. The van der Waals surface area contributed by atoms with Crippen molar-refractivity contribution in [1.82, 2.24) is 4.98 Å². The van der Waals surface area contributed by atoms with Crippen molar-refractivity contribution in [2.75, 3.05) is 5.32 Å². The number of nitrogens with one attached hydrogen (secondary N) is 1. The van der Waals surface area contributed by atoms with Crippen LogP contribution in [0.3, 0.4) is 0 Å². The highest BCUT2D eigenvalue weighted by Crippen LogP contribution is 2.17. The summed E-state index contributed by atoms with van der Waals surface area (Å²) in [4.78, 5) is 14.6. The van der Waals surface area contributed by atoms with Gasteiger partial charge in [-0.05, 0) is 25.4 Å². The van der Waals surface area contributed by atoms with E-state index in [1.807, 2.05) is 13.8 Å². The van der Waals surface area contributed by atoms with E-state index in [2.05, 4.69) is 10.3 Å². The fourth-order valence-corrected chi connectivity index (χ4v) is 1.68. The van der Waals surface area contributed by atoms with Crippen LogP contribution < -0.4 is 5.32 Å². The lowest BCUT2D eigenvalue weighted by molar-refractivity contribution is 0.107. The SMILES string of the molecule is CC(C)Nc1nc(C(=O)Cl)cs1. The molecule has 5 heteroatoms. The summed E-state index contributed by atoms with van der Waals surface area (Å²) >= 11 is 6.61. The molecule has 12 heavy (non-hydrogen) atoms. The molecule has 66 valence electrons. The van der Waals surface area contributed by atoms with Gasteiger partial charge in [0.05, 0.1) is 0 Å².